The Balaban J connectivity index is 1.40. The molecule has 0 atom stereocenters. The molecule has 0 bridgehead atoms. The third kappa shape index (κ3) is 6.17. The predicted octanol–water partition coefficient (Wildman–Crippen LogP) is 4.34. The van der Waals surface area contributed by atoms with Gasteiger partial charge < -0.3 is 20.1 Å². The number of rotatable bonds is 7. The van der Waals surface area contributed by atoms with Crippen LogP contribution in [0.1, 0.15) is 5.56 Å². The SMILES string of the molecule is O=C(CNC(=O)OCc1ccccc1)Nc1ccc(Oc2ccccc2)cc1. The molecule has 28 heavy (non-hydrogen) atoms. The smallest absolute Gasteiger partial charge is 0.407 e. The molecule has 0 fully saturated rings. The van der Waals surface area contributed by atoms with Gasteiger partial charge in [0.05, 0.1) is 0 Å². The van der Waals surface area contributed by atoms with Crippen molar-refractivity contribution < 1.29 is 19.1 Å². The number of nitrogens with one attached hydrogen (secondary N) is 2. The van der Waals surface area contributed by atoms with Crippen LogP contribution >= 0.6 is 0 Å². The Kier molecular flexibility index (Phi) is 6.62. The third-order valence-electron chi connectivity index (χ3n) is 3.72. The number of carbonyl (C=O) groups excluding carboxylic acids is 2. The maximum absolute atomic E-state index is 12.0. The fourth-order valence-electron chi connectivity index (χ4n) is 2.36. The van der Waals surface area contributed by atoms with Crippen LogP contribution < -0.4 is 15.4 Å². The van der Waals surface area contributed by atoms with Gasteiger partial charge >= 0.3 is 6.09 Å². The first-order chi connectivity index (χ1) is 13.7. The Hall–Kier alpha value is -3.80. The van der Waals surface area contributed by atoms with Gasteiger partial charge in [-0.2, -0.15) is 0 Å². The molecule has 0 aliphatic carbocycles. The topological polar surface area (TPSA) is 76.7 Å². The molecule has 0 saturated carbocycles. The van der Waals surface area contributed by atoms with Crippen LogP contribution in [-0.2, 0) is 16.1 Å². The average Bonchev–Trinajstić information content (AvgIpc) is 2.74. The Morgan fingerprint density at radius 1 is 0.750 bits per heavy atom. The molecule has 0 saturated heterocycles. The van der Waals surface area contributed by atoms with Crippen LogP contribution in [0.3, 0.4) is 0 Å². The van der Waals surface area contributed by atoms with Crippen molar-refractivity contribution in [2.45, 2.75) is 6.61 Å². The summed E-state index contributed by atoms with van der Waals surface area (Å²) in [6.07, 6.45) is -0.648. The van der Waals surface area contributed by atoms with Crippen LogP contribution in [0.2, 0.25) is 0 Å². The molecule has 0 unspecified atom stereocenters. The minimum Gasteiger partial charge on any atom is -0.457 e. The first kappa shape index (κ1) is 19.0. The molecule has 3 aromatic rings. The maximum atomic E-state index is 12.0. The molecular weight excluding hydrogens is 356 g/mol. The lowest BCUT2D eigenvalue weighted by molar-refractivity contribution is -0.115. The number of para-hydroxylation sites is 1. The summed E-state index contributed by atoms with van der Waals surface area (Å²) in [5.74, 6) is 1.04. The van der Waals surface area contributed by atoms with Gasteiger partial charge in [0.1, 0.15) is 24.7 Å². The standard InChI is InChI=1S/C22H20N2O4/c25-21(15-23-22(26)27-16-17-7-3-1-4-8-17)24-18-11-13-20(14-12-18)28-19-9-5-2-6-10-19/h1-14H,15-16H2,(H,23,26)(H,24,25). The van der Waals surface area contributed by atoms with E-state index in [9.17, 15) is 9.59 Å². The van der Waals surface area contributed by atoms with Crippen LogP contribution in [0.25, 0.3) is 0 Å². The van der Waals surface area contributed by atoms with Gasteiger partial charge in [-0.1, -0.05) is 48.5 Å². The van der Waals surface area contributed by atoms with Crippen LogP contribution in [0.15, 0.2) is 84.9 Å². The zero-order valence-electron chi connectivity index (χ0n) is 15.1. The van der Waals surface area contributed by atoms with Crippen LogP contribution in [0.5, 0.6) is 11.5 Å². The lowest BCUT2D eigenvalue weighted by atomic mass is 10.2. The normalized spacial score (nSPS) is 10.0. The molecule has 0 radical (unpaired) electrons. The summed E-state index contributed by atoms with van der Waals surface area (Å²) in [7, 11) is 0. The number of anilines is 1. The minimum absolute atomic E-state index is 0.150. The Labute approximate surface area is 163 Å². The molecule has 6 heteroatoms. The molecular formula is C22H20N2O4. The number of alkyl carbamates (subject to hydrolysis) is 1. The molecule has 0 spiro atoms. The maximum Gasteiger partial charge on any atom is 0.407 e. The monoisotopic (exact) mass is 376 g/mol. The van der Waals surface area contributed by atoms with Gasteiger partial charge in [-0.15, -0.1) is 0 Å². The summed E-state index contributed by atoms with van der Waals surface area (Å²) in [6.45, 7) is -0.0347. The Morgan fingerprint density at radius 3 is 2.04 bits per heavy atom. The number of carbonyl (C=O) groups is 2. The van der Waals surface area contributed by atoms with E-state index in [2.05, 4.69) is 10.6 Å². The van der Waals surface area contributed by atoms with E-state index in [-0.39, 0.29) is 19.1 Å². The van der Waals surface area contributed by atoms with Gasteiger partial charge in [-0.3, -0.25) is 4.79 Å². The van der Waals surface area contributed by atoms with E-state index in [4.69, 9.17) is 9.47 Å². The molecule has 0 aliphatic heterocycles. The highest BCUT2D eigenvalue weighted by molar-refractivity contribution is 5.93. The lowest BCUT2D eigenvalue weighted by Crippen LogP contribution is -2.33. The fourth-order valence-corrected chi connectivity index (χ4v) is 2.36. The number of amides is 2. The minimum atomic E-state index is -0.648. The van der Waals surface area contributed by atoms with E-state index in [0.29, 0.717) is 11.4 Å². The van der Waals surface area contributed by atoms with Gasteiger partial charge in [0.15, 0.2) is 0 Å². The molecule has 0 heterocycles. The van der Waals surface area contributed by atoms with Gasteiger partial charge in [0.25, 0.3) is 0 Å². The van der Waals surface area contributed by atoms with Gasteiger partial charge in [-0.25, -0.2) is 4.79 Å². The fraction of sp³-hybridized carbons (Fsp3) is 0.0909. The first-order valence-corrected chi connectivity index (χ1v) is 8.76. The van der Waals surface area contributed by atoms with E-state index < -0.39 is 6.09 Å². The van der Waals surface area contributed by atoms with E-state index in [1.165, 1.54) is 0 Å². The molecule has 3 rings (SSSR count). The van der Waals surface area contributed by atoms with E-state index in [1.807, 2.05) is 60.7 Å². The molecule has 3 aromatic carbocycles. The number of ether oxygens (including phenoxy) is 2. The summed E-state index contributed by atoms with van der Waals surface area (Å²) < 4.78 is 10.7. The lowest BCUT2D eigenvalue weighted by Gasteiger charge is -2.09. The second-order valence-corrected chi connectivity index (χ2v) is 5.90. The molecule has 2 amide bonds. The third-order valence-corrected chi connectivity index (χ3v) is 3.72. The number of benzene rings is 3. The second-order valence-electron chi connectivity index (χ2n) is 5.90. The van der Waals surface area contributed by atoms with Crippen LogP contribution in [0, 0.1) is 0 Å². The predicted molar refractivity (Wildman–Crippen MR) is 106 cm³/mol. The Bertz CT molecular complexity index is 897. The van der Waals surface area contributed by atoms with Crippen molar-refractivity contribution in [1.82, 2.24) is 5.32 Å². The van der Waals surface area contributed by atoms with Crippen molar-refractivity contribution in [3.05, 3.63) is 90.5 Å². The molecule has 6 nitrogen and oxygen atoms in total. The molecule has 2 N–H and O–H groups in total. The highest BCUT2D eigenvalue weighted by Gasteiger charge is 2.07. The number of hydrogen-bond acceptors (Lipinski definition) is 4. The van der Waals surface area contributed by atoms with E-state index in [1.54, 1.807) is 24.3 Å². The van der Waals surface area contributed by atoms with Crippen LogP contribution in [-0.4, -0.2) is 18.5 Å². The summed E-state index contributed by atoms with van der Waals surface area (Å²) >= 11 is 0. The van der Waals surface area contributed by atoms with Crippen molar-refractivity contribution >= 4 is 17.7 Å². The molecule has 0 aromatic heterocycles. The average molecular weight is 376 g/mol. The highest BCUT2D eigenvalue weighted by Crippen LogP contribution is 2.22. The first-order valence-electron chi connectivity index (χ1n) is 8.76. The van der Waals surface area contributed by atoms with Crippen LogP contribution in [0.4, 0.5) is 10.5 Å². The number of hydrogen-bond donors (Lipinski definition) is 2. The summed E-state index contributed by atoms with van der Waals surface area (Å²) in [5, 5.41) is 5.12. The summed E-state index contributed by atoms with van der Waals surface area (Å²) in [4.78, 5) is 23.6. The summed E-state index contributed by atoms with van der Waals surface area (Å²) in [5.41, 5.74) is 1.48. The van der Waals surface area contributed by atoms with Gasteiger partial charge in [0, 0.05) is 5.69 Å². The zero-order chi connectivity index (χ0) is 19.6. The zero-order valence-corrected chi connectivity index (χ0v) is 15.1. The van der Waals surface area contributed by atoms with Crippen molar-refractivity contribution in [2.75, 3.05) is 11.9 Å². The van der Waals surface area contributed by atoms with Crippen molar-refractivity contribution in [3.8, 4) is 11.5 Å². The molecule has 142 valence electrons. The van der Waals surface area contributed by atoms with E-state index in [0.717, 1.165) is 11.3 Å². The highest BCUT2D eigenvalue weighted by atomic mass is 16.5. The van der Waals surface area contributed by atoms with Gasteiger partial charge in [0.2, 0.25) is 5.91 Å². The van der Waals surface area contributed by atoms with Crippen molar-refractivity contribution in [1.29, 1.82) is 0 Å². The van der Waals surface area contributed by atoms with Crippen molar-refractivity contribution in [2.24, 2.45) is 0 Å². The van der Waals surface area contributed by atoms with E-state index >= 15 is 0 Å². The quantitative estimate of drug-likeness (QED) is 0.643. The van der Waals surface area contributed by atoms with Crippen molar-refractivity contribution in [3.63, 3.8) is 0 Å². The Morgan fingerprint density at radius 2 is 1.36 bits per heavy atom. The molecule has 0 aliphatic rings. The van der Waals surface area contributed by atoms with Gasteiger partial charge in [-0.05, 0) is 42.0 Å². The largest absolute Gasteiger partial charge is 0.457 e. The summed E-state index contributed by atoms with van der Waals surface area (Å²) in [6, 6.07) is 25.7. The second kappa shape index (κ2) is 9.78.